The van der Waals surface area contributed by atoms with Gasteiger partial charge in [0, 0.05) is 11.5 Å². The van der Waals surface area contributed by atoms with Crippen LogP contribution < -0.4 is 0 Å². The van der Waals surface area contributed by atoms with Crippen molar-refractivity contribution in [2.75, 3.05) is 6.54 Å². The molecule has 0 fully saturated rings. The zero-order valence-corrected chi connectivity index (χ0v) is 6.91. The van der Waals surface area contributed by atoms with Gasteiger partial charge in [-0.15, -0.1) is 0 Å². The third-order valence-corrected chi connectivity index (χ3v) is 2.03. The predicted octanol–water partition coefficient (Wildman–Crippen LogP) is 2.63. The molecule has 0 bridgehead atoms. The van der Waals surface area contributed by atoms with Crippen LogP contribution in [0.1, 0.15) is 26.7 Å². The lowest BCUT2D eigenvalue weighted by Gasteiger charge is -2.19. The van der Waals surface area contributed by atoms with E-state index in [9.17, 15) is 0 Å². The summed E-state index contributed by atoms with van der Waals surface area (Å²) in [4.78, 5) is 2.64. The Hall–Kier alpha value is -1.20. The molecule has 0 unspecified atom stereocenters. The largest absolute Gasteiger partial charge is 0.198 e. The monoisotopic (exact) mass is 152 g/mol. The number of hydrogen-bond donors (Lipinski definition) is 0. The molecule has 0 spiro atoms. The molecule has 0 aliphatic heterocycles. The van der Waals surface area contributed by atoms with Gasteiger partial charge in [-0.2, -0.15) is 5.26 Å². The summed E-state index contributed by atoms with van der Waals surface area (Å²) in [5.74, 6) is 0. The molecule has 0 aliphatic carbocycles. The van der Waals surface area contributed by atoms with Gasteiger partial charge in [-0.3, -0.25) is 0 Å². The highest BCUT2D eigenvalue weighted by Gasteiger charge is 2.24. The Morgan fingerprint density at radius 1 is 1.55 bits per heavy atom. The van der Waals surface area contributed by atoms with E-state index < -0.39 is 5.41 Å². The number of hydrogen-bond acceptors (Lipinski definition) is 2. The Balaban J connectivity index is 4.31. The van der Waals surface area contributed by atoms with Crippen LogP contribution >= 0.6 is 0 Å². The molecule has 60 valence electrons. The molecule has 0 radical (unpaired) electrons. The normalized spacial score (nSPS) is 9.91. The van der Waals surface area contributed by atoms with Gasteiger partial charge in [-0.05, 0) is 18.4 Å². The number of rotatable bonds is 4. The minimum atomic E-state index is -0.438. The van der Waals surface area contributed by atoms with Gasteiger partial charge in [0.2, 0.25) is 0 Å². The molecular formula is C7H12N4. The Morgan fingerprint density at radius 3 is 2.36 bits per heavy atom. The van der Waals surface area contributed by atoms with E-state index in [1.807, 2.05) is 13.8 Å². The van der Waals surface area contributed by atoms with Crippen molar-refractivity contribution in [2.45, 2.75) is 26.7 Å². The third-order valence-electron chi connectivity index (χ3n) is 2.03. The second-order valence-electron chi connectivity index (χ2n) is 2.49. The summed E-state index contributed by atoms with van der Waals surface area (Å²) < 4.78 is 0. The standard InChI is InChI=1S/C7H12N4/c1-3-7(4-2,5-8)6-10-11-9/h3-4,6H2,1-2H3. The molecular weight excluding hydrogens is 140 g/mol. The van der Waals surface area contributed by atoms with E-state index in [-0.39, 0.29) is 6.54 Å². The van der Waals surface area contributed by atoms with Crippen LogP contribution in [0.15, 0.2) is 5.11 Å². The maximum Gasteiger partial charge on any atom is 0.0690 e. The van der Waals surface area contributed by atoms with Gasteiger partial charge in [-0.25, -0.2) is 0 Å². The minimum absolute atomic E-state index is 0.285. The van der Waals surface area contributed by atoms with Crippen molar-refractivity contribution in [1.82, 2.24) is 0 Å². The first-order valence-corrected chi connectivity index (χ1v) is 3.66. The number of nitrogens with zero attached hydrogens (tertiary/aromatic N) is 4. The minimum Gasteiger partial charge on any atom is -0.198 e. The van der Waals surface area contributed by atoms with E-state index in [2.05, 4.69) is 16.1 Å². The highest BCUT2D eigenvalue weighted by molar-refractivity contribution is 4.98. The van der Waals surface area contributed by atoms with Crippen LogP contribution in [0, 0.1) is 16.7 Å². The zero-order valence-electron chi connectivity index (χ0n) is 6.91. The molecule has 0 aromatic heterocycles. The summed E-state index contributed by atoms with van der Waals surface area (Å²) in [5.41, 5.74) is 7.63. The van der Waals surface area contributed by atoms with E-state index in [0.717, 1.165) is 12.8 Å². The smallest absolute Gasteiger partial charge is 0.0690 e. The molecule has 0 aromatic rings. The lowest BCUT2D eigenvalue weighted by molar-refractivity contribution is 0.378. The SMILES string of the molecule is CCC(C#N)(CC)CN=[N+]=[N-]. The van der Waals surface area contributed by atoms with Gasteiger partial charge in [0.25, 0.3) is 0 Å². The average molecular weight is 152 g/mol. The molecule has 4 heteroatoms. The van der Waals surface area contributed by atoms with Crippen LogP contribution in [-0.2, 0) is 0 Å². The lowest BCUT2D eigenvalue weighted by Crippen LogP contribution is -2.19. The lowest BCUT2D eigenvalue weighted by atomic mass is 9.84. The summed E-state index contributed by atoms with van der Waals surface area (Å²) in [6.07, 6.45) is 1.47. The first-order valence-electron chi connectivity index (χ1n) is 3.66. The van der Waals surface area contributed by atoms with Gasteiger partial charge in [0.1, 0.15) is 0 Å². The fraction of sp³-hybridized carbons (Fsp3) is 0.857. The molecule has 4 nitrogen and oxygen atoms in total. The topological polar surface area (TPSA) is 72.5 Å². The molecule has 0 heterocycles. The van der Waals surface area contributed by atoms with Crippen LogP contribution in [0.25, 0.3) is 10.4 Å². The van der Waals surface area contributed by atoms with Crippen molar-refractivity contribution in [3.63, 3.8) is 0 Å². The van der Waals surface area contributed by atoms with Crippen LogP contribution in [0.3, 0.4) is 0 Å². The summed E-state index contributed by atoms with van der Waals surface area (Å²) >= 11 is 0. The van der Waals surface area contributed by atoms with Gasteiger partial charge in [0.05, 0.1) is 11.5 Å². The molecule has 0 N–H and O–H groups in total. The third kappa shape index (κ3) is 2.48. The summed E-state index contributed by atoms with van der Waals surface area (Å²) in [6, 6.07) is 2.18. The van der Waals surface area contributed by atoms with Gasteiger partial charge >= 0.3 is 0 Å². The van der Waals surface area contributed by atoms with Crippen molar-refractivity contribution in [1.29, 1.82) is 5.26 Å². The highest BCUT2D eigenvalue weighted by Crippen LogP contribution is 2.25. The maximum absolute atomic E-state index is 8.77. The summed E-state index contributed by atoms with van der Waals surface area (Å²) in [6.45, 7) is 4.15. The van der Waals surface area contributed by atoms with Crippen LogP contribution in [0.4, 0.5) is 0 Å². The van der Waals surface area contributed by atoms with Crippen molar-refractivity contribution >= 4 is 0 Å². The van der Waals surface area contributed by atoms with Crippen molar-refractivity contribution in [3.8, 4) is 6.07 Å². The molecule has 0 saturated heterocycles. The molecule has 0 amide bonds. The van der Waals surface area contributed by atoms with Crippen molar-refractivity contribution in [2.24, 2.45) is 10.5 Å². The van der Waals surface area contributed by atoms with E-state index in [1.165, 1.54) is 0 Å². The van der Waals surface area contributed by atoms with E-state index in [0.29, 0.717) is 0 Å². The average Bonchev–Trinajstić information content (AvgIpc) is 2.08. The quantitative estimate of drug-likeness (QED) is 0.346. The first-order chi connectivity index (χ1) is 5.24. The Bertz CT molecular complexity index is 193. The molecule has 0 atom stereocenters. The fourth-order valence-corrected chi connectivity index (χ4v) is 0.834. The summed E-state index contributed by atoms with van der Waals surface area (Å²) in [5, 5.41) is 12.2. The van der Waals surface area contributed by atoms with Crippen molar-refractivity contribution in [3.05, 3.63) is 10.4 Å². The number of nitriles is 1. The van der Waals surface area contributed by atoms with E-state index >= 15 is 0 Å². The highest BCUT2D eigenvalue weighted by atomic mass is 15.1. The Kier molecular flexibility index (Phi) is 4.09. The van der Waals surface area contributed by atoms with Crippen LogP contribution in [0.5, 0.6) is 0 Å². The Morgan fingerprint density at radius 2 is 2.09 bits per heavy atom. The molecule has 0 saturated carbocycles. The van der Waals surface area contributed by atoms with Gasteiger partial charge in [-0.1, -0.05) is 19.0 Å². The molecule has 0 aromatic carbocycles. The Labute approximate surface area is 66.5 Å². The maximum atomic E-state index is 8.77. The first kappa shape index (κ1) is 9.80. The predicted molar refractivity (Wildman–Crippen MR) is 42.6 cm³/mol. The second kappa shape index (κ2) is 4.59. The molecule has 0 aliphatic rings. The van der Waals surface area contributed by atoms with Crippen molar-refractivity contribution < 1.29 is 0 Å². The second-order valence-corrected chi connectivity index (χ2v) is 2.49. The van der Waals surface area contributed by atoms with E-state index in [1.54, 1.807) is 0 Å². The van der Waals surface area contributed by atoms with Crippen LogP contribution in [0.2, 0.25) is 0 Å². The van der Waals surface area contributed by atoms with E-state index in [4.69, 9.17) is 10.8 Å². The summed E-state index contributed by atoms with van der Waals surface area (Å²) in [7, 11) is 0. The van der Waals surface area contributed by atoms with Crippen LogP contribution in [-0.4, -0.2) is 6.54 Å². The zero-order chi connectivity index (χ0) is 8.74. The molecule has 11 heavy (non-hydrogen) atoms. The van der Waals surface area contributed by atoms with Gasteiger partial charge in [0.15, 0.2) is 0 Å². The molecule has 0 rings (SSSR count). The fourth-order valence-electron chi connectivity index (χ4n) is 0.834. The van der Waals surface area contributed by atoms with Gasteiger partial charge < -0.3 is 0 Å². The number of azide groups is 1.